The number of rotatable bonds is 7. The molecule has 0 saturated carbocycles. The van der Waals surface area contributed by atoms with E-state index in [-0.39, 0.29) is 18.5 Å². The molecular formula is C29H24FN3O3. The van der Waals surface area contributed by atoms with Crippen LogP contribution in [0.15, 0.2) is 72.8 Å². The molecule has 2 aromatic heterocycles. The summed E-state index contributed by atoms with van der Waals surface area (Å²) in [6.07, 6.45) is 1.60. The molecule has 6 nitrogen and oxygen atoms in total. The Balaban J connectivity index is 1.18. The summed E-state index contributed by atoms with van der Waals surface area (Å²) in [5, 5.41) is 4.85. The van der Waals surface area contributed by atoms with Gasteiger partial charge < -0.3 is 19.8 Å². The Morgan fingerprint density at radius 1 is 1.00 bits per heavy atom. The molecule has 0 atom stereocenters. The number of benzene rings is 3. The molecule has 1 amide bonds. The highest BCUT2D eigenvalue weighted by Gasteiger charge is 2.17. The summed E-state index contributed by atoms with van der Waals surface area (Å²) in [5.41, 5.74) is 5.33. The minimum atomic E-state index is -0.290. The van der Waals surface area contributed by atoms with Crippen LogP contribution in [0.5, 0.6) is 11.5 Å². The van der Waals surface area contributed by atoms with Crippen molar-refractivity contribution in [3.8, 4) is 22.9 Å². The fraction of sp³-hybridized carbons (Fsp3) is 0.172. The number of amides is 1. The number of nitrogens with zero attached hydrogens (tertiary/aromatic N) is 1. The first-order valence-corrected chi connectivity index (χ1v) is 12.0. The maximum Gasteiger partial charge on any atom is 0.231 e. The topological polar surface area (TPSA) is 76.2 Å². The number of pyridine rings is 1. The van der Waals surface area contributed by atoms with Crippen LogP contribution in [0.25, 0.3) is 33.2 Å². The Morgan fingerprint density at radius 2 is 1.89 bits per heavy atom. The van der Waals surface area contributed by atoms with Crippen molar-refractivity contribution >= 4 is 27.7 Å². The fourth-order valence-electron chi connectivity index (χ4n) is 4.67. The number of hydrogen-bond donors (Lipinski definition) is 2. The lowest BCUT2D eigenvalue weighted by Crippen LogP contribution is -2.22. The zero-order chi connectivity index (χ0) is 24.5. The van der Waals surface area contributed by atoms with Crippen molar-refractivity contribution in [1.82, 2.24) is 15.3 Å². The van der Waals surface area contributed by atoms with Crippen LogP contribution >= 0.6 is 0 Å². The smallest absolute Gasteiger partial charge is 0.231 e. The highest BCUT2D eigenvalue weighted by atomic mass is 19.1. The van der Waals surface area contributed by atoms with E-state index >= 15 is 0 Å². The lowest BCUT2D eigenvalue weighted by atomic mass is 10.0. The average Bonchev–Trinajstić information content (AvgIpc) is 3.51. The number of carbonyl (C=O) groups excluding carboxylic acids is 1. The molecule has 0 bridgehead atoms. The lowest BCUT2D eigenvalue weighted by Gasteiger charge is -2.08. The van der Waals surface area contributed by atoms with E-state index < -0.39 is 0 Å². The minimum absolute atomic E-state index is 0.0379. The third-order valence-electron chi connectivity index (χ3n) is 6.48. The van der Waals surface area contributed by atoms with E-state index in [2.05, 4.69) is 10.3 Å². The Bertz CT molecular complexity index is 1590. The molecule has 180 valence electrons. The van der Waals surface area contributed by atoms with E-state index in [9.17, 15) is 9.18 Å². The number of ether oxygens (including phenoxy) is 2. The summed E-state index contributed by atoms with van der Waals surface area (Å²) in [6, 6.07) is 22.3. The number of halogens is 1. The van der Waals surface area contributed by atoms with Crippen molar-refractivity contribution in [3.05, 3.63) is 89.7 Å². The van der Waals surface area contributed by atoms with Gasteiger partial charge in [-0.2, -0.15) is 0 Å². The molecule has 1 aliphatic rings. The average molecular weight is 482 g/mol. The van der Waals surface area contributed by atoms with E-state index in [4.69, 9.17) is 14.5 Å². The highest BCUT2D eigenvalue weighted by molar-refractivity contribution is 5.91. The third-order valence-corrected chi connectivity index (χ3v) is 6.48. The molecule has 0 unspecified atom stereocenters. The molecule has 2 N–H and O–H groups in total. The third kappa shape index (κ3) is 4.35. The van der Waals surface area contributed by atoms with E-state index in [1.54, 1.807) is 12.1 Å². The van der Waals surface area contributed by atoms with Gasteiger partial charge in [0.15, 0.2) is 11.5 Å². The summed E-state index contributed by atoms with van der Waals surface area (Å²) in [5.74, 6) is 1.09. The molecular weight excluding hydrogens is 457 g/mol. The first-order valence-electron chi connectivity index (χ1n) is 12.0. The zero-order valence-electron chi connectivity index (χ0n) is 19.5. The van der Waals surface area contributed by atoms with E-state index in [1.807, 2.05) is 54.6 Å². The summed E-state index contributed by atoms with van der Waals surface area (Å²) in [6.45, 7) is 0.639. The van der Waals surface area contributed by atoms with Gasteiger partial charge in [0.05, 0.1) is 16.9 Å². The van der Waals surface area contributed by atoms with Gasteiger partial charge >= 0.3 is 0 Å². The number of hydrogen-bond acceptors (Lipinski definition) is 4. The van der Waals surface area contributed by atoms with Gasteiger partial charge in [0.2, 0.25) is 12.7 Å². The van der Waals surface area contributed by atoms with Gasteiger partial charge in [-0.05, 0) is 66.4 Å². The predicted molar refractivity (Wildman–Crippen MR) is 136 cm³/mol. The molecule has 3 heterocycles. The van der Waals surface area contributed by atoms with Gasteiger partial charge in [0.25, 0.3) is 0 Å². The molecule has 0 radical (unpaired) electrons. The van der Waals surface area contributed by atoms with E-state index in [1.165, 1.54) is 6.07 Å². The normalized spacial score (nSPS) is 12.4. The van der Waals surface area contributed by atoms with E-state index in [0.717, 1.165) is 50.1 Å². The van der Waals surface area contributed by atoms with Crippen LogP contribution in [0.4, 0.5) is 4.39 Å². The molecule has 3 aromatic carbocycles. The van der Waals surface area contributed by atoms with E-state index in [0.29, 0.717) is 31.6 Å². The van der Waals surface area contributed by atoms with Gasteiger partial charge in [0, 0.05) is 29.3 Å². The number of nitrogens with one attached hydrogen (secondary N) is 2. The molecule has 1 aliphatic heterocycles. The largest absolute Gasteiger partial charge is 0.454 e. The summed E-state index contributed by atoms with van der Waals surface area (Å²) in [4.78, 5) is 20.8. The number of carbonyl (C=O) groups is 1. The summed E-state index contributed by atoms with van der Waals surface area (Å²) >= 11 is 0. The Labute approximate surface area is 207 Å². The van der Waals surface area contributed by atoms with Crippen LogP contribution in [0, 0.1) is 5.82 Å². The molecule has 0 fully saturated rings. The van der Waals surface area contributed by atoms with Crippen molar-refractivity contribution in [1.29, 1.82) is 0 Å². The van der Waals surface area contributed by atoms with Crippen molar-refractivity contribution in [3.63, 3.8) is 0 Å². The lowest BCUT2D eigenvalue weighted by molar-refractivity contribution is -0.121. The van der Waals surface area contributed by atoms with Crippen molar-refractivity contribution in [2.75, 3.05) is 6.79 Å². The standard InChI is InChI=1S/C29H24FN3O3/c30-20-10-12-24-22(15-20)21(29(33-24)25-11-9-19-4-1-2-6-23(19)32-25)5-3-7-28(34)31-16-18-8-13-26-27(14-18)36-17-35-26/h1-2,4,6,8-15,33H,3,5,7,16-17H2,(H,31,34). The van der Waals surface area contributed by atoms with Crippen LogP contribution in [0.2, 0.25) is 0 Å². The number of aromatic nitrogens is 2. The Morgan fingerprint density at radius 3 is 2.83 bits per heavy atom. The van der Waals surface area contributed by atoms with Gasteiger partial charge in [0.1, 0.15) is 5.82 Å². The van der Waals surface area contributed by atoms with Crippen molar-refractivity contribution in [2.24, 2.45) is 0 Å². The van der Waals surface area contributed by atoms with Crippen LogP contribution in [-0.2, 0) is 17.8 Å². The second-order valence-corrected chi connectivity index (χ2v) is 8.88. The molecule has 6 rings (SSSR count). The molecule has 0 spiro atoms. The minimum Gasteiger partial charge on any atom is -0.454 e. The number of aryl methyl sites for hydroxylation is 1. The predicted octanol–water partition coefficient (Wildman–Crippen LogP) is 5.89. The van der Waals surface area contributed by atoms with Crippen LogP contribution in [0.3, 0.4) is 0 Å². The molecule has 5 aromatic rings. The number of para-hydroxylation sites is 1. The monoisotopic (exact) mass is 481 g/mol. The SMILES string of the molecule is O=C(CCCc1c(-c2ccc3ccccc3n2)[nH]c2ccc(F)cc12)NCc1ccc2c(c1)OCO2. The maximum absolute atomic E-state index is 14.1. The van der Waals surface area contributed by atoms with Crippen LogP contribution in [0.1, 0.15) is 24.0 Å². The quantitative estimate of drug-likeness (QED) is 0.304. The van der Waals surface area contributed by atoms with Crippen LogP contribution in [-0.4, -0.2) is 22.7 Å². The number of aromatic amines is 1. The van der Waals surface area contributed by atoms with Crippen molar-refractivity contribution in [2.45, 2.75) is 25.8 Å². The summed E-state index contributed by atoms with van der Waals surface area (Å²) < 4.78 is 24.8. The van der Waals surface area contributed by atoms with Gasteiger partial charge in [-0.15, -0.1) is 0 Å². The molecule has 7 heteroatoms. The first kappa shape index (κ1) is 22.1. The Kier molecular flexibility index (Phi) is 5.73. The number of fused-ring (bicyclic) bond motifs is 3. The fourth-order valence-corrected chi connectivity index (χ4v) is 4.67. The van der Waals surface area contributed by atoms with Gasteiger partial charge in [-0.3, -0.25) is 4.79 Å². The molecule has 0 saturated heterocycles. The van der Waals surface area contributed by atoms with Crippen molar-refractivity contribution < 1.29 is 18.7 Å². The van der Waals surface area contributed by atoms with Gasteiger partial charge in [-0.25, -0.2) is 9.37 Å². The van der Waals surface area contributed by atoms with Crippen LogP contribution < -0.4 is 14.8 Å². The number of H-pyrrole nitrogens is 1. The zero-order valence-corrected chi connectivity index (χ0v) is 19.5. The van der Waals surface area contributed by atoms with Gasteiger partial charge in [-0.1, -0.05) is 30.3 Å². The summed E-state index contributed by atoms with van der Waals surface area (Å²) in [7, 11) is 0. The Hall–Kier alpha value is -4.39. The second kappa shape index (κ2) is 9.34. The first-order chi connectivity index (χ1) is 17.6. The molecule has 36 heavy (non-hydrogen) atoms. The molecule has 0 aliphatic carbocycles. The highest BCUT2D eigenvalue weighted by Crippen LogP contribution is 2.33. The second-order valence-electron chi connectivity index (χ2n) is 8.88. The maximum atomic E-state index is 14.1.